The summed E-state index contributed by atoms with van der Waals surface area (Å²) in [4.78, 5) is 118. The van der Waals surface area contributed by atoms with Crippen LogP contribution in [-0.4, -0.2) is 136 Å². The number of nitrogens with zero attached hydrogens (tertiary/aromatic N) is 1. The molecule has 0 saturated carbocycles. The van der Waals surface area contributed by atoms with Gasteiger partial charge in [0.15, 0.2) is 5.96 Å². The van der Waals surface area contributed by atoms with Crippen molar-refractivity contribution in [3.8, 4) is 0 Å². The van der Waals surface area contributed by atoms with E-state index in [-0.39, 0.29) is 49.4 Å². The number of amides is 8. The number of aliphatic imine (C=N–C) groups is 1. The van der Waals surface area contributed by atoms with Gasteiger partial charge in [-0.25, -0.2) is 4.79 Å². The molecule has 22 nitrogen and oxygen atoms in total. The molecule has 0 unspecified atom stereocenters. The van der Waals surface area contributed by atoms with Gasteiger partial charge in [-0.1, -0.05) is 30.3 Å². The fraction of sp³-hybridized carbons (Fsp3) is 0.556. The minimum Gasteiger partial charge on any atom is -0.480 e. The molecule has 0 aliphatic heterocycles. The molecule has 0 heterocycles. The number of carbonyl (C=O) groups excluding carboxylic acids is 8. The SMILES string of the molecule is CC(C)C[C@H](NC(=O)[C@H](C[Se])NC(=O)[C@H](CC(N)=O)NC(=O)[C@H](C)NC(=O)CNC(=O)[C@@H](N)Cc1ccccc1)C(=O)N[C@@H](C)C(=O)N[C@@H](CCCN=C(N)N)C(=O)O. The molecule has 0 bridgehead atoms. The second-order valence-electron chi connectivity index (χ2n) is 14.0. The van der Waals surface area contributed by atoms with Gasteiger partial charge in [0.05, 0.1) is 6.04 Å². The normalized spacial score (nSPS) is 14.4. The Hall–Kier alpha value is -5.80. The van der Waals surface area contributed by atoms with Crippen LogP contribution in [0.15, 0.2) is 35.3 Å². The van der Waals surface area contributed by atoms with Gasteiger partial charge >= 0.3 is 241 Å². The van der Waals surface area contributed by atoms with E-state index in [1.807, 2.05) is 6.07 Å². The first-order valence-corrected chi connectivity index (χ1v) is 19.9. The van der Waals surface area contributed by atoms with E-state index in [1.54, 1.807) is 38.1 Å². The molecule has 0 fully saturated rings. The van der Waals surface area contributed by atoms with Gasteiger partial charge in [-0.05, 0) is 18.4 Å². The maximum absolute atomic E-state index is 13.4. The van der Waals surface area contributed by atoms with Crippen molar-refractivity contribution in [2.75, 3.05) is 13.1 Å². The van der Waals surface area contributed by atoms with Crippen LogP contribution in [0.1, 0.15) is 58.9 Å². The van der Waals surface area contributed by atoms with Crippen molar-refractivity contribution in [2.45, 2.75) is 107 Å². The zero-order valence-corrected chi connectivity index (χ0v) is 35.2. The summed E-state index contributed by atoms with van der Waals surface area (Å²) in [5.74, 6) is -8.27. The van der Waals surface area contributed by atoms with Crippen LogP contribution < -0.4 is 60.2 Å². The van der Waals surface area contributed by atoms with Gasteiger partial charge in [-0.2, -0.15) is 0 Å². The number of nitrogens with two attached hydrogens (primary N) is 4. The van der Waals surface area contributed by atoms with Crippen molar-refractivity contribution >= 4 is 75.2 Å². The van der Waals surface area contributed by atoms with Crippen LogP contribution in [0.2, 0.25) is 5.32 Å². The molecule has 1 aromatic rings. The zero-order valence-electron chi connectivity index (χ0n) is 33.4. The second-order valence-corrected chi connectivity index (χ2v) is 14.7. The molecule has 0 spiro atoms. The number of nitrogens with one attached hydrogen (secondary N) is 7. The molecule has 1 rings (SSSR count). The first-order chi connectivity index (χ1) is 27.6. The van der Waals surface area contributed by atoms with E-state index in [4.69, 9.17) is 22.9 Å². The third-order valence-corrected chi connectivity index (χ3v) is 9.02. The first-order valence-electron chi connectivity index (χ1n) is 18.7. The fourth-order valence-corrected chi connectivity index (χ4v) is 5.68. The van der Waals surface area contributed by atoms with Gasteiger partial charge in [0, 0.05) is 6.54 Å². The van der Waals surface area contributed by atoms with Gasteiger partial charge in [0.25, 0.3) is 0 Å². The van der Waals surface area contributed by atoms with Crippen molar-refractivity contribution in [3.05, 3.63) is 35.9 Å². The molecule has 0 saturated heterocycles. The molecule has 327 valence electrons. The van der Waals surface area contributed by atoms with Crippen LogP contribution >= 0.6 is 0 Å². The van der Waals surface area contributed by atoms with Crippen molar-refractivity contribution in [1.82, 2.24) is 37.2 Å². The molecular formula is C36H57N12O10Se. The molecular weight excluding hydrogens is 839 g/mol. The Morgan fingerprint density at radius 1 is 0.695 bits per heavy atom. The molecule has 23 heteroatoms. The third-order valence-electron chi connectivity index (χ3n) is 8.32. The summed E-state index contributed by atoms with van der Waals surface area (Å²) in [5, 5.41) is 26.2. The van der Waals surface area contributed by atoms with Gasteiger partial charge in [-0.15, -0.1) is 0 Å². The van der Waals surface area contributed by atoms with E-state index >= 15 is 0 Å². The summed E-state index contributed by atoms with van der Waals surface area (Å²) in [5.41, 5.74) is 22.6. The van der Waals surface area contributed by atoms with Gasteiger partial charge in [-0.3, -0.25) is 9.79 Å². The van der Waals surface area contributed by atoms with Crippen LogP contribution in [0, 0.1) is 5.92 Å². The Bertz CT molecular complexity index is 1660. The molecule has 1 radical (unpaired) electrons. The van der Waals surface area contributed by atoms with Crippen LogP contribution in [0.4, 0.5) is 0 Å². The molecule has 8 amide bonds. The molecule has 1 aromatic carbocycles. The number of hydrogen-bond donors (Lipinski definition) is 12. The number of hydrogen-bond acceptors (Lipinski definition) is 11. The van der Waals surface area contributed by atoms with Gasteiger partial charge in [0.1, 0.15) is 0 Å². The summed E-state index contributed by atoms with van der Waals surface area (Å²) in [7, 11) is 0. The van der Waals surface area contributed by atoms with Crippen molar-refractivity contribution in [1.29, 1.82) is 0 Å². The van der Waals surface area contributed by atoms with Crippen LogP contribution in [0.5, 0.6) is 0 Å². The minimum atomic E-state index is -1.59. The predicted octanol–water partition coefficient (Wildman–Crippen LogP) is -4.73. The number of benzene rings is 1. The number of aliphatic carboxylic acids is 1. The Balaban J connectivity index is 2.87. The van der Waals surface area contributed by atoms with Crippen molar-refractivity contribution < 1.29 is 48.3 Å². The number of guanidine groups is 1. The summed E-state index contributed by atoms with van der Waals surface area (Å²) >= 11 is 2.61. The quantitative estimate of drug-likeness (QED) is 0.0180. The van der Waals surface area contributed by atoms with E-state index in [9.17, 15) is 48.3 Å². The van der Waals surface area contributed by atoms with E-state index < -0.39 is 108 Å². The molecule has 0 aliphatic carbocycles. The third kappa shape index (κ3) is 20.5. The zero-order chi connectivity index (χ0) is 44.8. The van der Waals surface area contributed by atoms with E-state index in [1.165, 1.54) is 13.8 Å². The van der Waals surface area contributed by atoms with Crippen LogP contribution in [-0.2, 0) is 49.6 Å². The Labute approximate surface area is 350 Å². The number of carbonyl (C=O) groups is 9. The smallest absolute Gasteiger partial charge is 0.480 e. The van der Waals surface area contributed by atoms with Gasteiger partial charge < -0.3 is 22.3 Å². The predicted molar refractivity (Wildman–Crippen MR) is 215 cm³/mol. The standard InChI is InChI=1S/C36H57N12O10Se/c1-18(2)13-24(32(54)44-20(4)30(52)45-23(35(57)58)11-8-12-41-36(39)40)47-34(56)26(17-59)48-33(55)25(15-27(38)49)46-29(51)19(3)43-28(50)16-42-31(53)22(37)14-21-9-6-5-7-10-21/h5-7,9-10,18-20,22-26H,8,11-17,37H2,1-4H3,(H2,38,49)(H,42,53)(H,43,50)(H,44,54)(H,45,52)(H,46,51)(H,47,56)(H,48,55)(H,57,58)(H4,39,40,41)/t19-,20-,22-,23-,24-,25-,26-/m0/s1. The number of primary amides is 1. The molecule has 59 heavy (non-hydrogen) atoms. The van der Waals surface area contributed by atoms with Crippen LogP contribution in [0.3, 0.4) is 0 Å². The Morgan fingerprint density at radius 2 is 1.22 bits per heavy atom. The fourth-order valence-electron chi connectivity index (χ4n) is 5.19. The van der Waals surface area contributed by atoms with Crippen LogP contribution in [0.25, 0.3) is 0 Å². The van der Waals surface area contributed by atoms with Crippen molar-refractivity contribution in [3.63, 3.8) is 0 Å². The molecule has 0 aliphatic rings. The maximum atomic E-state index is 13.4. The summed E-state index contributed by atoms with van der Waals surface area (Å²) < 4.78 is 0. The van der Waals surface area contributed by atoms with Gasteiger partial charge in [0.2, 0.25) is 5.91 Å². The average Bonchev–Trinajstić information content (AvgIpc) is 3.15. The van der Waals surface area contributed by atoms with E-state index in [0.717, 1.165) is 5.56 Å². The first kappa shape index (κ1) is 51.2. The Morgan fingerprint density at radius 3 is 1.76 bits per heavy atom. The average molecular weight is 897 g/mol. The molecule has 0 aromatic heterocycles. The molecule has 7 atom stereocenters. The monoisotopic (exact) mass is 897 g/mol. The summed E-state index contributed by atoms with van der Waals surface area (Å²) in [6.07, 6.45) is -0.125. The number of carboxylic acid groups (broad SMARTS) is 1. The second kappa shape index (κ2) is 26.2. The van der Waals surface area contributed by atoms with E-state index in [2.05, 4.69) is 58.2 Å². The Kier molecular flexibility index (Phi) is 22.8. The van der Waals surface area contributed by atoms with E-state index in [0.29, 0.717) is 0 Å². The number of carboxylic acids is 1. The number of rotatable bonds is 26. The van der Waals surface area contributed by atoms with Crippen molar-refractivity contribution in [2.24, 2.45) is 33.8 Å². The summed E-state index contributed by atoms with van der Waals surface area (Å²) in [6, 6.07) is 0.135. The topological polar surface area (TPSA) is 375 Å². The molecule has 16 N–H and O–H groups in total. The summed E-state index contributed by atoms with van der Waals surface area (Å²) in [6.45, 7) is 5.79. The minimum absolute atomic E-state index is 0.00168.